The smallest absolute Gasteiger partial charge is 0.251 e. The van der Waals surface area contributed by atoms with Gasteiger partial charge in [-0.15, -0.1) is 0 Å². The molecule has 2 rings (SSSR count). The number of amides is 1. The Morgan fingerprint density at radius 2 is 1.90 bits per heavy atom. The first-order chi connectivity index (χ1) is 9.72. The zero-order valence-electron chi connectivity index (χ0n) is 11.3. The fourth-order valence-corrected chi connectivity index (χ4v) is 1.80. The van der Waals surface area contributed by atoms with Crippen molar-refractivity contribution in [3.8, 4) is 5.75 Å². The van der Waals surface area contributed by atoms with Crippen LogP contribution in [-0.2, 0) is 13.2 Å². The minimum Gasteiger partial charge on any atom is -0.489 e. The summed E-state index contributed by atoms with van der Waals surface area (Å²) in [5, 5.41) is 11.6. The molecule has 0 atom stereocenters. The van der Waals surface area contributed by atoms with Gasteiger partial charge in [0.15, 0.2) is 0 Å². The van der Waals surface area contributed by atoms with Crippen molar-refractivity contribution in [3.63, 3.8) is 0 Å². The van der Waals surface area contributed by atoms with Gasteiger partial charge in [0.2, 0.25) is 0 Å². The van der Waals surface area contributed by atoms with Crippen LogP contribution in [0, 0.1) is 0 Å². The van der Waals surface area contributed by atoms with Crippen LogP contribution in [0.3, 0.4) is 0 Å². The first-order valence-electron chi connectivity index (χ1n) is 6.36. The number of hydrogen-bond donors (Lipinski definition) is 2. The highest BCUT2D eigenvalue weighted by Gasteiger charge is 2.04. The summed E-state index contributed by atoms with van der Waals surface area (Å²) in [6.07, 6.45) is 0. The maximum atomic E-state index is 11.5. The van der Waals surface area contributed by atoms with Crippen LogP contribution in [0.4, 0.5) is 0 Å². The van der Waals surface area contributed by atoms with E-state index in [2.05, 4.69) is 5.32 Å². The molecule has 0 aliphatic rings. The van der Waals surface area contributed by atoms with E-state index in [1.807, 2.05) is 36.4 Å². The molecule has 0 radical (unpaired) electrons. The quantitative estimate of drug-likeness (QED) is 0.875. The lowest BCUT2D eigenvalue weighted by atomic mass is 10.1. The fourth-order valence-electron chi connectivity index (χ4n) is 1.80. The average molecular weight is 271 g/mol. The molecule has 4 nitrogen and oxygen atoms in total. The molecular formula is C16H17NO3. The van der Waals surface area contributed by atoms with Crippen molar-refractivity contribution in [1.29, 1.82) is 0 Å². The average Bonchev–Trinajstić information content (AvgIpc) is 2.53. The minimum atomic E-state index is -0.112. The van der Waals surface area contributed by atoms with Crippen LogP contribution < -0.4 is 10.1 Å². The number of nitrogens with one attached hydrogen (secondary N) is 1. The molecule has 0 saturated heterocycles. The highest BCUT2D eigenvalue weighted by atomic mass is 16.5. The van der Waals surface area contributed by atoms with Crippen LogP contribution in [-0.4, -0.2) is 18.1 Å². The maximum absolute atomic E-state index is 11.5. The van der Waals surface area contributed by atoms with Crippen LogP contribution in [0.5, 0.6) is 5.75 Å². The molecule has 0 aromatic heterocycles. The lowest BCUT2D eigenvalue weighted by Gasteiger charge is -2.08. The molecule has 4 heteroatoms. The van der Waals surface area contributed by atoms with E-state index in [-0.39, 0.29) is 12.5 Å². The molecule has 20 heavy (non-hydrogen) atoms. The Balaban J connectivity index is 2.01. The molecule has 0 fully saturated rings. The number of carbonyl (C=O) groups is 1. The molecule has 0 unspecified atom stereocenters. The topological polar surface area (TPSA) is 58.6 Å². The van der Waals surface area contributed by atoms with Gasteiger partial charge in [0, 0.05) is 12.6 Å². The molecule has 0 heterocycles. The number of ether oxygens (including phenoxy) is 1. The first-order valence-corrected chi connectivity index (χ1v) is 6.36. The number of benzene rings is 2. The highest BCUT2D eigenvalue weighted by Crippen LogP contribution is 2.15. The largest absolute Gasteiger partial charge is 0.489 e. The zero-order chi connectivity index (χ0) is 14.4. The van der Waals surface area contributed by atoms with Gasteiger partial charge >= 0.3 is 0 Å². The summed E-state index contributed by atoms with van der Waals surface area (Å²) in [5.74, 6) is 0.617. The number of rotatable bonds is 5. The van der Waals surface area contributed by atoms with E-state index < -0.39 is 0 Å². The second-order valence-corrected chi connectivity index (χ2v) is 4.37. The Hall–Kier alpha value is -2.33. The van der Waals surface area contributed by atoms with E-state index >= 15 is 0 Å². The first kappa shape index (κ1) is 14.1. The van der Waals surface area contributed by atoms with Crippen LogP contribution in [0.2, 0.25) is 0 Å². The molecule has 2 aromatic rings. The van der Waals surface area contributed by atoms with E-state index in [1.54, 1.807) is 19.2 Å². The van der Waals surface area contributed by atoms with E-state index in [4.69, 9.17) is 9.84 Å². The Labute approximate surface area is 118 Å². The molecule has 0 aliphatic heterocycles. The number of aliphatic hydroxyl groups excluding tert-OH is 1. The van der Waals surface area contributed by atoms with E-state index in [1.165, 1.54) is 0 Å². The van der Waals surface area contributed by atoms with Crippen molar-refractivity contribution in [1.82, 2.24) is 5.32 Å². The Bertz CT molecular complexity index is 579. The molecule has 0 saturated carbocycles. The summed E-state index contributed by atoms with van der Waals surface area (Å²) >= 11 is 0. The van der Waals surface area contributed by atoms with Crippen LogP contribution in [0.15, 0.2) is 48.5 Å². The Morgan fingerprint density at radius 3 is 2.55 bits per heavy atom. The summed E-state index contributed by atoms with van der Waals surface area (Å²) in [6, 6.07) is 14.6. The number of hydrogen-bond acceptors (Lipinski definition) is 3. The maximum Gasteiger partial charge on any atom is 0.251 e. The molecular weight excluding hydrogens is 254 g/mol. The molecule has 1 amide bonds. The third kappa shape index (κ3) is 3.59. The predicted octanol–water partition coefficient (Wildman–Crippen LogP) is 2.12. The van der Waals surface area contributed by atoms with Crippen LogP contribution in [0.25, 0.3) is 0 Å². The van der Waals surface area contributed by atoms with Crippen molar-refractivity contribution in [2.24, 2.45) is 0 Å². The van der Waals surface area contributed by atoms with Crippen molar-refractivity contribution < 1.29 is 14.6 Å². The standard InChI is InChI=1S/C16H17NO3/c1-17-16(19)14-4-2-3-13(9-14)11-20-15-7-5-12(10-18)6-8-15/h2-9,18H,10-11H2,1H3,(H,17,19). The summed E-state index contributed by atoms with van der Waals surface area (Å²) in [5.41, 5.74) is 2.39. The predicted molar refractivity (Wildman–Crippen MR) is 76.5 cm³/mol. The second-order valence-electron chi connectivity index (χ2n) is 4.37. The molecule has 104 valence electrons. The Kier molecular flexibility index (Phi) is 4.74. The summed E-state index contributed by atoms with van der Waals surface area (Å²) in [6.45, 7) is 0.414. The van der Waals surface area contributed by atoms with Gasteiger partial charge in [-0.2, -0.15) is 0 Å². The zero-order valence-corrected chi connectivity index (χ0v) is 11.3. The molecule has 0 spiro atoms. The Morgan fingerprint density at radius 1 is 1.15 bits per heavy atom. The van der Waals surface area contributed by atoms with Crippen molar-refractivity contribution in [2.75, 3.05) is 7.05 Å². The number of aliphatic hydroxyl groups is 1. The lowest BCUT2D eigenvalue weighted by Crippen LogP contribution is -2.17. The third-order valence-corrected chi connectivity index (χ3v) is 2.93. The van der Waals surface area contributed by atoms with Crippen LogP contribution in [0.1, 0.15) is 21.5 Å². The van der Waals surface area contributed by atoms with Crippen LogP contribution >= 0.6 is 0 Å². The fraction of sp³-hybridized carbons (Fsp3) is 0.188. The van der Waals surface area contributed by atoms with Gasteiger partial charge in [-0.25, -0.2) is 0 Å². The van der Waals surface area contributed by atoms with Crippen molar-refractivity contribution in [3.05, 3.63) is 65.2 Å². The van der Waals surface area contributed by atoms with Crippen molar-refractivity contribution in [2.45, 2.75) is 13.2 Å². The van der Waals surface area contributed by atoms with Gasteiger partial charge in [0.1, 0.15) is 12.4 Å². The SMILES string of the molecule is CNC(=O)c1cccc(COc2ccc(CO)cc2)c1. The molecule has 0 bridgehead atoms. The third-order valence-electron chi connectivity index (χ3n) is 2.93. The summed E-state index contributed by atoms with van der Waals surface area (Å²) in [4.78, 5) is 11.5. The molecule has 2 aromatic carbocycles. The second kappa shape index (κ2) is 6.73. The van der Waals surface area contributed by atoms with Gasteiger partial charge in [0.25, 0.3) is 5.91 Å². The summed E-state index contributed by atoms with van der Waals surface area (Å²) in [7, 11) is 1.61. The van der Waals surface area contributed by atoms with Gasteiger partial charge < -0.3 is 15.2 Å². The van der Waals surface area contributed by atoms with E-state index in [0.717, 1.165) is 16.9 Å². The van der Waals surface area contributed by atoms with E-state index in [9.17, 15) is 4.79 Å². The van der Waals surface area contributed by atoms with Gasteiger partial charge in [0.05, 0.1) is 6.61 Å². The molecule has 0 aliphatic carbocycles. The molecule has 2 N–H and O–H groups in total. The van der Waals surface area contributed by atoms with Gasteiger partial charge in [-0.05, 0) is 35.4 Å². The monoisotopic (exact) mass is 271 g/mol. The summed E-state index contributed by atoms with van der Waals surface area (Å²) < 4.78 is 5.65. The van der Waals surface area contributed by atoms with E-state index in [0.29, 0.717) is 12.2 Å². The lowest BCUT2D eigenvalue weighted by molar-refractivity contribution is 0.0963. The van der Waals surface area contributed by atoms with Gasteiger partial charge in [-0.1, -0.05) is 24.3 Å². The van der Waals surface area contributed by atoms with Crippen molar-refractivity contribution >= 4 is 5.91 Å². The number of carbonyl (C=O) groups excluding carboxylic acids is 1. The van der Waals surface area contributed by atoms with Gasteiger partial charge in [-0.3, -0.25) is 4.79 Å². The highest BCUT2D eigenvalue weighted by molar-refractivity contribution is 5.94. The minimum absolute atomic E-state index is 0.0223. The normalized spacial score (nSPS) is 10.1.